The average molecular weight is 579 g/mol. The fraction of sp³-hybridized carbons (Fsp3) is 0.724. The van der Waals surface area contributed by atoms with Crippen LogP contribution in [0.2, 0.25) is 0 Å². The molecule has 0 spiro atoms. The van der Waals surface area contributed by atoms with Gasteiger partial charge in [0.05, 0.1) is 37.4 Å². The minimum atomic E-state index is -1.25. The SMILES string of the molecule is O=C1C[C@@H]2O[C@H](CN(Cc3ccc(F)c(F)c3)C[C@@H]3CN(CCO3)C(=O)[C@@H]3C[C@@H](CN3C3CCCC3)N1)[C@@H](O)[C@H]2O. The predicted octanol–water partition coefficient (Wildman–Crippen LogP) is 0.389. The second-order valence-corrected chi connectivity index (χ2v) is 12.3. The largest absolute Gasteiger partial charge is 0.388 e. The van der Waals surface area contributed by atoms with Crippen molar-refractivity contribution in [2.75, 3.05) is 39.3 Å². The first kappa shape index (κ1) is 28.9. The van der Waals surface area contributed by atoms with Gasteiger partial charge in [0.15, 0.2) is 11.6 Å². The smallest absolute Gasteiger partial charge is 0.240 e. The highest BCUT2D eigenvalue weighted by Crippen LogP contribution is 2.32. The molecular weight excluding hydrogens is 538 g/mol. The number of aliphatic hydroxyl groups is 2. The van der Waals surface area contributed by atoms with Gasteiger partial charge in [0.2, 0.25) is 11.8 Å². The Morgan fingerprint density at radius 2 is 1.76 bits per heavy atom. The number of ether oxygens (including phenoxy) is 2. The molecule has 226 valence electrons. The van der Waals surface area contributed by atoms with Gasteiger partial charge in [-0.1, -0.05) is 18.9 Å². The van der Waals surface area contributed by atoms with Gasteiger partial charge >= 0.3 is 0 Å². The van der Waals surface area contributed by atoms with E-state index in [0.29, 0.717) is 50.8 Å². The highest BCUT2D eigenvalue weighted by atomic mass is 19.2. The third-order valence-corrected chi connectivity index (χ3v) is 9.37. The Kier molecular flexibility index (Phi) is 8.58. The number of halogens is 2. The van der Waals surface area contributed by atoms with E-state index in [2.05, 4.69) is 10.2 Å². The van der Waals surface area contributed by atoms with Gasteiger partial charge in [-0.2, -0.15) is 0 Å². The van der Waals surface area contributed by atoms with Crippen molar-refractivity contribution in [1.29, 1.82) is 0 Å². The molecule has 10 nitrogen and oxygen atoms in total. The molecule has 4 saturated heterocycles. The molecular formula is C29H40F2N4O6. The molecule has 6 rings (SSSR count). The molecule has 1 aromatic rings. The lowest BCUT2D eigenvalue weighted by Gasteiger charge is -2.39. The normalized spacial score (nSPS) is 36.2. The van der Waals surface area contributed by atoms with Crippen molar-refractivity contribution in [3.8, 4) is 0 Å². The lowest BCUT2D eigenvalue weighted by atomic mass is 10.0. The summed E-state index contributed by atoms with van der Waals surface area (Å²) in [6.07, 6.45) is 0.222. The Hall–Kier alpha value is -2.22. The zero-order valence-electron chi connectivity index (χ0n) is 23.2. The van der Waals surface area contributed by atoms with Crippen LogP contribution in [0.5, 0.6) is 0 Å². The Morgan fingerprint density at radius 1 is 0.976 bits per heavy atom. The zero-order chi connectivity index (χ0) is 28.7. The van der Waals surface area contributed by atoms with Gasteiger partial charge in [0.25, 0.3) is 0 Å². The predicted molar refractivity (Wildman–Crippen MR) is 143 cm³/mol. The van der Waals surface area contributed by atoms with E-state index in [0.717, 1.165) is 37.8 Å². The Labute approximate surface area is 238 Å². The molecule has 5 aliphatic rings. The molecule has 4 aliphatic heterocycles. The van der Waals surface area contributed by atoms with Crippen LogP contribution in [0.1, 0.15) is 44.1 Å². The van der Waals surface area contributed by atoms with Crippen molar-refractivity contribution in [3.05, 3.63) is 35.4 Å². The van der Waals surface area contributed by atoms with Crippen LogP contribution in [0.15, 0.2) is 18.2 Å². The summed E-state index contributed by atoms with van der Waals surface area (Å²) in [4.78, 5) is 33.0. The van der Waals surface area contributed by atoms with Crippen molar-refractivity contribution in [2.24, 2.45) is 0 Å². The third kappa shape index (κ3) is 6.28. The van der Waals surface area contributed by atoms with Gasteiger partial charge in [0, 0.05) is 51.4 Å². The Morgan fingerprint density at radius 3 is 2.54 bits per heavy atom. The zero-order valence-corrected chi connectivity index (χ0v) is 23.2. The molecule has 2 amide bonds. The number of hydrogen-bond acceptors (Lipinski definition) is 8. The van der Waals surface area contributed by atoms with E-state index in [9.17, 15) is 28.6 Å². The topological polar surface area (TPSA) is 115 Å². The third-order valence-electron chi connectivity index (χ3n) is 9.37. The first-order valence-corrected chi connectivity index (χ1v) is 14.9. The molecule has 3 N–H and O–H groups in total. The van der Waals surface area contributed by atoms with E-state index in [1.165, 1.54) is 6.07 Å². The summed E-state index contributed by atoms with van der Waals surface area (Å²) in [6.45, 7) is 2.52. The van der Waals surface area contributed by atoms with Crippen LogP contribution in [-0.2, 0) is 25.6 Å². The summed E-state index contributed by atoms with van der Waals surface area (Å²) in [7, 11) is 0. The van der Waals surface area contributed by atoms with Gasteiger partial charge in [-0.25, -0.2) is 8.78 Å². The van der Waals surface area contributed by atoms with Crippen LogP contribution in [0.3, 0.4) is 0 Å². The quantitative estimate of drug-likeness (QED) is 0.472. The highest BCUT2D eigenvalue weighted by Gasteiger charge is 2.47. The molecule has 0 radical (unpaired) electrons. The van der Waals surface area contributed by atoms with Crippen LogP contribution in [0.4, 0.5) is 8.78 Å². The molecule has 5 fully saturated rings. The summed E-state index contributed by atoms with van der Waals surface area (Å²) in [5.74, 6) is -2.13. The van der Waals surface area contributed by atoms with Crippen LogP contribution < -0.4 is 5.32 Å². The summed E-state index contributed by atoms with van der Waals surface area (Å²) in [6, 6.07) is 3.50. The Balaban J connectivity index is 1.27. The molecule has 0 aromatic heterocycles. The number of nitrogens with zero attached hydrogens (tertiary/aromatic N) is 3. The molecule has 1 aromatic carbocycles. The summed E-state index contributed by atoms with van der Waals surface area (Å²) in [5.41, 5.74) is 0.523. The Bertz CT molecular complexity index is 1120. The van der Waals surface area contributed by atoms with Crippen molar-refractivity contribution in [3.63, 3.8) is 0 Å². The van der Waals surface area contributed by atoms with E-state index >= 15 is 0 Å². The summed E-state index contributed by atoms with van der Waals surface area (Å²) < 4.78 is 39.7. The number of hydrogen-bond donors (Lipinski definition) is 3. The number of nitrogens with one attached hydrogen (secondary N) is 1. The van der Waals surface area contributed by atoms with Crippen molar-refractivity contribution >= 4 is 11.8 Å². The van der Waals surface area contributed by atoms with Crippen LogP contribution in [0, 0.1) is 11.6 Å². The molecule has 6 bridgehead atoms. The van der Waals surface area contributed by atoms with Crippen molar-refractivity contribution < 1.29 is 38.1 Å². The van der Waals surface area contributed by atoms with E-state index < -0.39 is 36.1 Å². The van der Waals surface area contributed by atoms with Crippen LogP contribution in [-0.4, -0.2) is 125 Å². The molecule has 0 unspecified atom stereocenters. The van der Waals surface area contributed by atoms with Gasteiger partial charge in [-0.3, -0.25) is 19.4 Å². The minimum Gasteiger partial charge on any atom is -0.388 e. The summed E-state index contributed by atoms with van der Waals surface area (Å²) >= 11 is 0. The van der Waals surface area contributed by atoms with Gasteiger partial charge < -0.3 is 29.9 Å². The van der Waals surface area contributed by atoms with Crippen LogP contribution in [0.25, 0.3) is 0 Å². The van der Waals surface area contributed by atoms with E-state index in [4.69, 9.17) is 9.47 Å². The molecule has 4 heterocycles. The number of morpholine rings is 1. The lowest BCUT2D eigenvalue weighted by molar-refractivity contribution is -0.145. The monoisotopic (exact) mass is 578 g/mol. The first-order valence-electron chi connectivity index (χ1n) is 14.9. The van der Waals surface area contributed by atoms with E-state index in [-0.39, 0.29) is 49.5 Å². The second kappa shape index (κ2) is 12.2. The van der Waals surface area contributed by atoms with Crippen LogP contribution >= 0.6 is 0 Å². The number of carbonyl (C=O) groups excluding carboxylic acids is 2. The number of likely N-dealkylation sites (tertiary alicyclic amines) is 1. The summed E-state index contributed by atoms with van der Waals surface area (Å²) in [5, 5.41) is 24.6. The minimum absolute atomic E-state index is 0.0513. The molecule has 1 aliphatic carbocycles. The fourth-order valence-electron chi connectivity index (χ4n) is 7.35. The highest BCUT2D eigenvalue weighted by molar-refractivity contribution is 5.83. The first-order chi connectivity index (χ1) is 19.7. The number of benzene rings is 1. The molecule has 1 saturated carbocycles. The number of rotatable bonds is 3. The second-order valence-electron chi connectivity index (χ2n) is 12.3. The number of carbonyl (C=O) groups is 2. The number of amides is 2. The van der Waals surface area contributed by atoms with Crippen molar-refractivity contribution in [2.45, 2.75) is 93.7 Å². The van der Waals surface area contributed by atoms with Gasteiger partial charge in [0.1, 0.15) is 12.2 Å². The van der Waals surface area contributed by atoms with Gasteiger partial charge in [-0.05, 0) is 37.0 Å². The average Bonchev–Trinajstić information content (AvgIpc) is 3.68. The van der Waals surface area contributed by atoms with E-state index in [1.54, 1.807) is 0 Å². The number of fused-ring (bicyclic) bond motifs is 6. The van der Waals surface area contributed by atoms with E-state index in [1.807, 2.05) is 9.80 Å². The maximum absolute atomic E-state index is 14.0. The molecule has 7 atom stereocenters. The maximum atomic E-state index is 14.0. The standard InChI is InChI=1S/C29H40F2N4O6/c30-21-6-5-17(9-22(21)31)12-33-14-20-15-34(7-8-40-20)29(39)23-10-18(13-35(23)19-3-1-2-4-19)32-26(36)11-24-27(37)28(38)25(16-33)41-24/h5-6,9,18-20,23-25,27-28,37-38H,1-4,7-8,10-16H2,(H,32,36)/t18-,20+,23-,24-,25+,27-,28+/m0/s1. The molecule has 12 heteroatoms. The maximum Gasteiger partial charge on any atom is 0.240 e. The van der Waals surface area contributed by atoms with Gasteiger partial charge in [-0.15, -0.1) is 0 Å². The molecule has 41 heavy (non-hydrogen) atoms. The fourth-order valence-corrected chi connectivity index (χ4v) is 7.35. The number of aliphatic hydroxyl groups excluding tert-OH is 2. The van der Waals surface area contributed by atoms with Crippen molar-refractivity contribution in [1.82, 2.24) is 20.0 Å². The lowest BCUT2D eigenvalue weighted by Crippen LogP contribution is -2.55.